The normalized spacial score (nSPS) is 13.1. The van der Waals surface area contributed by atoms with Crippen LogP contribution in [-0.4, -0.2) is 22.6 Å². The second kappa shape index (κ2) is 10.2. The van der Waals surface area contributed by atoms with Crippen molar-refractivity contribution in [2.24, 2.45) is 9.98 Å². The summed E-state index contributed by atoms with van der Waals surface area (Å²) in [5.41, 5.74) is 2.17. The van der Waals surface area contributed by atoms with Crippen molar-refractivity contribution in [3.8, 4) is 0 Å². The molecule has 0 bridgehead atoms. The number of para-hydroxylation sites is 1. The average molecular weight is 658 g/mol. The molecule has 0 aliphatic carbocycles. The molecule has 3 heterocycles. The van der Waals surface area contributed by atoms with Crippen molar-refractivity contribution in [2.75, 3.05) is 7.05 Å². The average Bonchev–Trinajstić information content (AvgIpc) is 3.81. The summed E-state index contributed by atoms with van der Waals surface area (Å²) in [6, 6.07) is 45.5. The summed E-state index contributed by atoms with van der Waals surface area (Å²) in [6.07, 6.45) is 0. The van der Waals surface area contributed by atoms with Crippen LogP contribution in [0.2, 0.25) is 0 Å². The number of aliphatic imine (C=N–C) groups is 2. The molecule has 0 unspecified atom stereocenters. The van der Waals surface area contributed by atoms with Gasteiger partial charge in [0.05, 0.1) is 15.7 Å². The molecule has 0 N–H and O–H groups in total. The first-order valence-electron chi connectivity index (χ1n) is 15.5. The highest BCUT2D eigenvalue weighted by Crippen LogP contribution is 2.48. The number of benzene rings is 7. The number of thiophene rings is 2. The van der Waals surface area contributed by atoms with E-state index < -0.39 is 0 Å². The highest BCUT2D eigenvalue weighted by atomic mass is 35.5. The quantitative estimate of drug-likeness (QED) is 0.131. The van der Waals surface area contributed by atoms with E-state index in [1.165, 1.54) is 68.0 Å². The smallest absolute Gasteiger partial charge is 0.173 e. The summed E-state index contributed by atoms with van der Waals surface area (Å²) in [6.45, 7) is 0. The Balaban J connectivity index is 1.31. The molecule has 0 atom stereocenters. The zero-order chi connectivity index (χ0) is 31.2. The monoisotopic (exact) mass is 657 g/mol. The summed E-state index contributed by atoms with van der Waals surface area (Å²) in [5.74, 6) is 0.624. The Kier molecular flexibility index (Phi) is 5.89. The van der Waals surface area contributed by atoms with Gasteiger partial charge >= 0.3 is 0 Å². The van der Waals surface area contributed by atoms with Gasteiger partial charge in [-0.2, -0.15) is 0 Å². The Labute approximate surface area is 282 Å². The molecule has 222 valence electrons. The number of halogens is 1. The van der Waals surface area contributed by atoms with Crippen LogP contribution in [0.15, 0.2) is 137 Å². The zero-order valence-electron chi connectivity index (χ0n) is 25.2. The van der Waals surface area contributed by atoms with Gasteiger partial charge in [0, 0.05) is 38.0 Å². The largest absolute Gasteiger partial charge is 0.290 e. The molecule has 3 nitrogen and oxygen atoms in total. The van der Waals surface area contributed by atoms with Crippen LogP contribution >= 0.6 is 34.3 Å². The standard InChI is InChI=1S/C41H24ClN3S2/c1-43-41(40(42)44-33-22-25-19-18-23-10-2-4-12-26(23)37(25)46-33)45-32-17-9-8-16-30(32)34-28-14-6-7-15-29(28)35-31-21-20-24-11-3-5-13-27(24)38(31)47-39(35)36(34)45/h2-22H,1H3/b43-41?,44-40+. The second-order valence-electron chi connectivity index (χ2n) is 11.8. The molecule has 0 aliphatic rings. The maximum atomic E-state index is 7.25. The third-order valence-corrected chi connectivity index (χ3v) is 11.9. The van der Waals surface area contributed by atoms with E-state index in [2.05, 4.69) is 132 Å². The van der Waals surface area contributed by atoms with Gasteiger partial charge < -0.3 is 0 Å². The fourth-order valence-electron chi connectivity index (χ4n) is 7.37. The SMILES string of the molecule is CN=C(/C(Cl)=N\c1cc2ccc3ccccc3c2s1)n1c2ccccc2c2c3ccccc3c3c4ccc5ccccc5c4sc3c21. The van der Waals surface area contributed by atoms with E-state index in [9.17, 15) is 0 Å². The van der Waals surface area contributed by atoms with Gasteiger partial charge in [-0.15, -0.1) is 22.7 Å². The van der Waals surface area contributed by atoms with Gasteiger partial charge in [-0.05, 0) is 49.8 Å². The summed E-state index contributed by atoms with van der Waals surface area (Å²) in [7, 11) is 1.81. The minimum absolute atomic E-state index is 0.360. The third-order valence-electron chi connectivity index (χ3n) is 9.35. The number of nitrogens with zero attached hydrogens (tertiary/aromatic N) is 3. The number of hydrogen-bond donors (Lipinski definition) is 0. The molecule has 6 heteroatoms. The lowest BCUT2D eigenvalue weighted by Gasteiger charge is -2.11. The van der Waals surface area contributed by atoms with E-state index in [-0.39, 0.29) is 0 Å². The maximum Gasteiger partial charge on any atom is 0.173 e. The van der Waals surface area contributed by atoms with Crippen LogP contribution in [0, 0.1) is 0 Å². The minimum atomic E-state index is 0.360. The Bertz CT molecular complexity index is 2990. The number of fused-ring (bicyclic) bond motifs is 15. The predicted octanol–water partition coefficient (Wildman–Crippen LogP) is 12.7. The molecule has 10 rings (SSSR count). The fourth-order valence-corrected chi connectivity index (χ4v) is 10.1. The highest BCUT2D eigenvalue weighted by Gasteiger charge is 2.24. The van der Waals surface area contributed by atoms with Crippen molar-refractivity contribution in [1.29, 1.82) is 0 Å². The molecule has 0 saturated carbocycles. The molecule has 0 amide bonds. The molecule has 3 aromatic heterocycles. The molecular formula is C41H24ClN3S2. The van der Waals surface area contributed by atoms with Gasteiger partial charge in [-0.3, -0.25) is 9.56 Å². The van der Waals surface area contributed by atoms with E-state index in [4.69, 9.17) is 21.6 Å². The number of aromatic nitrogens is 1. The van der Waals surface area contributed by atoms with Gasteiger partial charge in [0.1, 0.15) is 5.00 Å². The third kappa shape index (κ3) is 3.85. The van der Waals surface area contributed by atoms with Crippen molar-refractivity contribution in [1.82, 2.24) is 4.57 Å². The lowest BCUT2D eigenvalue weighted by atomic mass is 9.98. The maximum absolute atomic E-state index is 7.25. The number of hydrogen-bond acceptors (Lipinski definition) is 4. The van der Waals surface area contributed by atoms with Crippen molar-refractivity contribution >= 4 is 135 Å². The molecule has 0 radical (unpaired) electrons. The van der Waals surface area contributed by atoms with Gasteiger partial charge in [0.15, 0.2) is 11.0 Å². The van der Waals surface area contributed by atoms with E-state index in [0.717, 1.165) is 21.4 Å². The van der Waals surface area contributed by atoms with Crippen molar-refractivity contribution < 1.29 is 0 Å². The summed E-state index contributed by atoms with van der Waals surface area (Å²) in [5, 5.41) is 14.7. The molecule has 7 aromatic carbocycles. The first-order valence-corrected chi connectivity index (χ1v) is 17.5. The molecule has 0 spiro atoms. The van der Waals surface area contributed by atoms with Crippen LogP contribution in [0.4, 0.5) is 5.00 Å². The van der Waals surface area contributed by atoms with E-state index in [0.29, 0.717) is 11.0 Å². The zero-order valence-corrected chi connectivity index (χ0v) is 27.5. The Morgan fingerprint density at radius 1 is 0.553 bits per heavy atom. The van der Waals surface area contributed by atoms with Gasteiger partial charge in [0.25, 0.3) is 0 Å². The second-order valence-corrected chi connectivity index (χ2v) is 14.2. The summed E-state index contributed by atoms with van der Waals surface area (Å²) in [4.78, 5) is 9.87. The van der Waals surface area contributed by atoms with Crippen LogP contribution in [-0.2, 0) is 0 Å². The Morgan fingerprint density at radius 2 is 1.15 bits per heavy atom. The predicted molar refractivity (Wildman–Crippen MR) is 208 cm³/mol. The molecule has 47 heavy (non-hydrogen) atoms. The van der Waals surface area contributed by atoms with Crippen LogP contribution in [0.25, 0.3) is 84.4 Å². The highest BCUT2D eigenvalue weighted by molar-refractivity contribution is 7.28. The van der Waals surface area contributed by atoms with Crippen molar-refractivity contribution in [2.45, 2.75) is 0 Å². The lowest BCUT2D eigenvalue weighted by molar-refractivity contribution is 1.26. The molecule has 0 fully saturated rings. The molecule has 0 saturated heterocycles. The van der Waals surface area contributed by atoms with Crippen LogP contribution in [0.5, 0.6) is 0 Å². The fraction of sp³-hybridized carbons (Fsp3) is 0.0244. The summed E-state index contributed by atoms with van der Waals surface area (Å²) < 4.78 is 5.97. The van der Waals surface area contributed by atoms with E-state index >= 15 is 0 Å². The molecule has 0 aliphatic heterocycles. The minimum Gasteiger partial charge on any atom is -0.290 e. The van der Waals surface area contributed by atoms with Crippen LogP contribution in [0.3, 0.4) is 0 Å². The van der Waals surface area contributed by atoms with Gasteiger partial charge in [-0.25, -0.2) is 4.99 Å². The van der Waals surface area contributed by atoms with Crippen LogP contribution < -0.4 is 0 Å². The van der Waals surface area contributed by atoms with E-state index in [1.54, 1.807) is 11.3 Å². The topological polar surface area (TPSA) is 29.6 Å². The molecule has 10 aromatic rings. The van der Waals surface area contributed by atoms with Gasteiger partial charge in [-0.1, -0.05) is 127 Å². The summed E-state index contributed by atoms with van der Waals surface area (Å²) >= 11 is 10.8. The molecular weight excluding hydrogens is 634 g/mol. The Hall–Kier alpha value is -5.07. The first-order chi connectivity index (χ1) is 23.2. The van der Waals surface area contributed by atoms with E-state index in [1.807, 2.05) is 18.4 Å². The first kappa shape index (κ1) is 27.1. The Morgan fingerprint density at radius 3 is 1.89 bits per heavy atom. The van der Waals surface area contributed by atoms with Crippen LogP contribution in [0.1, 0.15) is 0 Å². The lowest BCUT2D eigenvalue weighted by Crippen LogP contribution is -2.18. The number of rotatable bonds is 2. The van der Waals surface area contributed by atoms with Gasteiger partial charge in [0.2, 0.25) is 0 Å². The van der Waals surface area contributed by atoms with Crippen molar-refractivity contribution in [3.63, 3.8) is 0 Å². The van der Waals surface area contributed by atoms with Crippen molar-refractivity contribution in [3.05, 3.63) is 127 Å².